The van der Waals surface area contributed by atoms with Crippen LogP contribution >= 0.6 is 0 Å². The molecule has 0 unspecified atom stereocenters. The summed E-state index contributed by atoms with van der Waals surface area (Å²) in [6.45, 7) is 5.93. The molecule has 210 valence electrons. The largest absolute Gasteiger partial charge is 0.497 e. The van der Waals surface area contributed by atoms with E-state index in [4.69, 9.17) is 9.47 Å². The van der Waals surface area contributed by atoms with Gasteiger partial charge in [0.05, 0.1) is 25.4 Å². The van der Waals surface area contributed by atoms with Crippen LogP contribution in [0.5, 0.6) is 5.75 Å². The van der Waals surface area contributed by atoms with Crippen molar-refractivity contribution < 1.29 is 29.0 Å². The van der Waals surface area contributed by atoms with Gasteiger partial charge in [-0.05, 0) is 67.5 Å². The van der Waals surface area contributed by atoms with Gasteiger partial charge in [0.25, 0.3) is 11.8 Å². The Balaban J connectivity index is 1.42. The average Bonchev–Trinajstić information content (AvgIpc) is 3.36. The van der Waals surface area contributed by atoms with Gasteiger partial charge in [-0.25, -0.2) is 0 Å². The highest BCUT2D eigenvalue weighted by Crippen LogP contribution is 2.59. The van der Waals surface area contributed by atoms with Gasteiger partial charge in [-0.15, -0.1) is 0 Å². The number of hydrogen-bond acceptors (Lipinski definition) is 6. The lowest BCUT2D eigenvalue weighted by Crippen LogP contribution is -2.46. The standard InChI is InChI=1S/C31H36N2O6Si/c1-20-28(40(3,4)37)27(16-17-34)39-31(20)25-10-5-6-11-26(25)33(30(31)36)19-21-8-7-9-23(18-21)32-29(35)22-12-14-24(38-2)15-13-22/h5-15,18,20,27-28,34,37H,16-17,19H2,1-4H3,(H,32,35)/t20-,27+,28-,31+/m0/s1. The normalized spacial score (nSPS) is 23.9. The molecule has 3 N–H and O–H groups in total. The van der Waals surface area contributed by atoms with Crippen molar-refractivity contribution in [2.45, 2.75) is 50.2 Å². The Hall–Kier alpha value is -3.50. The van der Waals surface area contributed by atoms with Crippen molar-refractivity contribution in [1.82, 2.24) is 0 Å². The fraction of sp³-hybridized carbons (Fsp3) is 0.355. The number of rotatable bonds is 8. The number of para-hydroxylation sites is 1. The second-order valence-corrected chi connectivity index (χ2v) is 15.1. The molecule has 1 spiro atoms. The third kappa shape index (κ3) is 4.83. The lowest BCUT2D eigenvalue weighted by Gasteiger charge is -2.32. The number of ether oxygens (including phenoxy) is 2. The quantitative estimate of drug-likeness (QED) is 0.346. The molecule has 0 radical (unpaired) electrons. The molecule has 0 bridgehead atoms. The number of carbonyl (C=O) groups is 2. The van der Waals surface area contributed by atoms with Gasteiger partial charge in [0, 0.05) is 34.9 Å². The van der Waals surface area contributed by atoms with Crippen LogP contribution in [-0.4, -0.2) is 49.9 Å². The van der Waals surface area contributed by atoms with Gasteiger partial charge in [0.2, 0.25) is 0 Å². The van der Waals surface area contributed by atoms with Crippen LogP contribution in [0.15, 0.2) is 72.8 Å². The minimum absolute atomic E-state index is 0.0803. The third-order valence-corrected chi connectivity index (χ3v) is 10.7. The van der Waals surface area contributed by atoms with Crippen LogP contribution in [0.3, 0.4) is 0 Å². The fourth-order valence-corrected chi connectivity index (χ4v) is 9.06. The first-order valence-corrected chi connectivity index (χ1v) is 16.6. The maximum Gasteiger partial charge on any atom is 0.264 e. The van der Waals surface area contributed by atoms with E-state index in [1.807, 2.05) is 68.5 Å². The lowest BCUT2D eigenvalue weighted by atomic mass is 9.82. The lowest BCUT2D eigenvalue weighted by molar-refractivity contribution is -0.146. The topological polar surface area (TPSA) is 108 Å². The number of nitrogens with zero attached hydrogens (tertiary/aromatic N) is 1. The molecule has 4 atom stereocenters. The number of aliphatic hydroxyl groups excluding tert-OH is 1. The van der Waals surface area contributed by atoms with E-state index in [1.54, 1.807) is 36.3 Å². The predicted octanol–water partition coefficient (Wildman–Crippen LogP) is 4.67. The summed E-state index contributed by atoms with van der Waals surface area (Å²) in [6.07, 6.45) is -0.0563. The molecule has 5 rings (SSSR count). The van der Waals surface area contributed by atoms with Gasteiger partial charge in [0.1, 0.15) is 5.75 Å². The van der Waals surface area contributed by atoms with Gasteiger partial charge >= 0.3 is 0 Å². The molecule has 2 aliphatic heterocycles. The number of fused-ring (bicyclic) bond motifs is 2. The summed E-state index contributed by atoms with van der Waals surface area (Å²) in [5, 5.41) is 12.7. The average molecular weight is 561 g/mol. The molecule has 1 fully saturated rings. The van der Waals surface area contributed by atoms with Crippen LogP contribution in [-0.2, 0) is 21.7 Å². The Morgan fingerprint density at radius 2 is 1.82 bits per heavy atom. The molecule has 3 aromatic carbocycles. The smallest absolute Gasteiger partial charge is 0.264 e. The minimum atomic E-state index is -2.74. The van der Waals surface area contributed by atoms with Crippen LogP contribution in [0.1, 0.15) is 34.8 Å². The summed E-state index contributed by atoms with van der Waals surface area (Å²) in [5.74, 6) is -0.0142. The number of hydrogen-bond donors (Lipinski definition) is 3. The maximum absolute atomic E-state index is 14.3. The molecule has 0 aromatic heterocycles. The molecule has 2 amide bonds. The van der Waals surface area contributed by atoms with Gasteiger partial charge < -0.3 is 29.6 Å². The summed E-state index contributed by atoms with van der Waals surface area (Å²) < 4.78 is 11.8. The zero-order valence-corrected chi connectivity index (χ0v) is 24.3. The number of nitrogens with one attached hydrogen (secondary N) is 1. The number of methoxy groups -OCH3 is 1. The van der Waals surface area contributed by atoms with Gasteiger partial charge in [-0.2, -0.15) is 0 Å². The number of benzene rings is 3. The number of carbonyl (C=O) groups excluding carboxylic acids is 2. The van der Waals surface area contributed by atoms with Crippen molar-refractivity contribution in [1.29, 1.82) is 0 Å². The van der Waals surface area contributed by atoms with E-state index in [-0.39, 0.29) is 36.4 Å². The van der Waals surface area contributed by atoms with E-state index in [0.717, 1.165) is 16.8 Å². The van der Waals surface area contributed by atoms with E-state index in [1.165, 1.54) is 0 Å². The van der Waals surface area contributed by atoms with Crippen LogP contribution in [0.25, 0.3) is 0 Å². The molecule has 2 aliphatic rings. The number of anilines is 2. The molecule has 40 heavy (non-hydrogen) atoms. The van der Waals surface area contributed by atoms with Crippen molar-refractivity contribution >= 4 is 31.5 Å². The molecule has 3 aromatic rings. The Labute approximate surface area is 235 Å². The van der Waals surface area contributed by atoms with E-state index < -0.39 is 20.0 Å². The first kappa shape index (κ1) is 28.0. The van der Waals surface area contributed by atoms with Crippen LogP contribution in [0, 0.1) is 5.92 Å². The van der Waals surface area contributed by atoms with Gasteiger partial charge in [-0.3, -0.25) is 9.59 Å². The van der Waals surface area contributed by atoms with Gasteiger partial charge in [-0.1, -0.05) is 37.3 Å². The Morgan fingerprint density at radius 3 is 2.50 bits per heavy atom. The molecule has 0 aliphatic carbocycles. The Kier molecular flexibility index (Phi) is 7.58. The molecule has 2 heterocycles. The van der Waals surface area contributed by atoms with E-state index in [0.29, 0.717) is 23.4 Å². The summed E-state index contributed by atoms with van der Waals surface area (Å²) in [7, 11) is -1.16. The number of amides is 2. The van der Waals surface area contributed by atoms with E-state index in [2.05, 4.69) is 5.32 Å². The van der Waals surface area contributed by atoms with Crippen molar-refractivity contribution in [2.75, 3.05) is 23.9 Å². The minimum Gasteiger partial charge on any atom is -0.497 e. The summed E-state index contributed by atoms with van der Waals surface area (Å²) in [5.41, 5.74) is 2.09. The van der Waals surface area contributed by atoms with Crippen LogP contribution in [0.4, 0.5) is 11.4 Å². The predicted molar refractivity (Wildman–Crippen MR) is 156 cm³/mol. The van der Waals surface area contributed by atoms with Crippen molar-refractivity contribution in [3.63, 3.8) is 0 Å². The first-order chi connectivity index (χ1) is 19.1. The van der Waals surface area contributed by atoms with Gasteiger partial charge in [0.15, 0.2) is 13.9 Å². The molecular weight excluding hydrogens is 524 g/mol. The van der Waals surface area contributed by atoms with Crippen molar-refractivity contribution in [3.8, 4) is 5.75 Å². The molecule has 8 nitrogen and oxygen atoms in total. The molecule has 0 saturated carbocycles. The highest BCUT2D eigenvalue weighted by molar-refractivity contribution is 6.71. The SMILES string of the molecule is COc1ccc(C(=O)Nc2cccc(CN3C(=O)[C@]4(O[C@H](CCO)[C@@H]([Si](C)(C)O)[C@@H]4C)c4ccccc43)c2)cc1. The van der Waals surface area contributed by atoms with E-state index >= 15 is 0 Å². The highest BCUT2D eigenvalue weighted by Gasteiger charge is 2.65. The molecule has 1 saturated heterocycles. The summed E-state index contributed by atoms with van der Waals surface area (Å²) in [4.78, 5) is 40.1. The fourth-order valence-electron chi connectivity index (χ4n) is 6.46. The molecule has 9 heteroatoms. The first-order valence-electron chi connectivity index (χ1n) is 13.6. The van der Waals surface area contributed by atoms with Crippen molar-refractivity contribution in [3.05, 3.63) is 89.5 Å². The van der Waals surface area contributed by atoms with E-state index in [9.17, 15) is 19.5 Å². The van der Waals surface area contributed by atoms with Crippen LogP contribution < -0.4 is 15.0 Å². The molecular formula is C31H36N2O6Si. The Bertz CT molecular complexity index is 1410. The number of aliphatic hydroxyl groups is 1. The maximum atomic E-state index is 14.3. The van der Waals surface area contributed by atoms with Crippen molar-refractivity contribution in [2.24, 2.45) is 5.92 Å². The third-order valence-electron chi connectivity index (χ3n) is 8.18. The second kappa shape index (κ2) is 10.8. The zero-order valence-electron chi connectivity index (χ0n) is 23.3. The van der Waals surface area contributed by atoms with Crippen LogP contribution in [0.2, 0.25) is 18.6 Å². The zero-order chi connectivity index (χ0) is 28.7. The monoisotopic (exact) mass is 560 g/mol. The highest BCUT2D eigenvalue weighted by atomic mass is 28.4. The summed E-state index contributed by atoms with van der Waals surface area (Å²) >= 11 is 0. The summed E-state index contributed by atoms with van der Waals surface area (Å²) in [6, 6.07) is 22.0. The second-order valence-electron chi connectivity index (χ2n) is 11.2. The Morgan fingerprint density at radius 1 is 1.10 bits per heavy atom.